The monoisotopic (exact) mass is 370 g/mol. The van der Waals surface area contributed by atoms with E-state index < -0.39 is 0 Å². The number of methoxy groups -OCH3 is 1. The zero-order valence-electron chi connectivity index (χ0n) is 15.7. The Morgan fingerprint density at radius 3 is 1.89 bits per heavy atom. The largest absolute Gasteiger partial charge is 0.497 e. The summed E-state index contributed by atoms with van der Waals surface area (Å²) in [4.78, 5) is 12.8. The van der Waals surface area contributed by atoms with Gasteiger partial charge in [0.2, 0.25) is 5.91 Å². The van der Waals surface area contributed by atoms with Gasteiger partial charge < -0.3 is 4.74 Å². The lowest BCUT2D eigenvalue weighted by Crippen LogP contribution is -2.20. The smallest absolute Gasteiger partial charge is 0.244 e. The van der Waals surface area contributed by atoms with Gasteiger partial charge in [-0.2, -0.15) is 5.10 Å². The summed E-state index contributed by atoms with van der Waals surface area (Å²) >= 11 is 0. The molecule has 4 heteroatoms. The standard InChI is InChI=1S/C24H22N2O2/c1-28-20-14-12-17(13-15-20)16-25-26-24(27)23-21(18-8-4-2-5-9-18)22(23)19-10-6-3-7-11-19/h2-16,21-23H,1H3,(H,26,27)/b25-16-/t21-,22+,23?. The minimum absolute atomic E-state index is 0.0486. The predicted octanol–water partition coefficient (Wildman–Crippen LogP) is 4.34. The Hall–Kier alpha value is -3.40. The molecule has 1 saturated carbocycles. The zero-order chi connectivity index (χ0) is 19.3. The highest BCUT2D eigenvalue weighted by atomic mass is 16.5. The van der Waals surface area contributed by atoms with E-state index in [0.717, 1.165) is 11.3 Å². The molecule has 0 radical (unpaired) electrons. The summed E-state index contributed by atoms with van der Waals surface area (Å²) in [5.41, 5.74) is 6.00. The van der Waals surface area contributed by atoms with Crippen molar-refractivity contribution in [2.75, 3.05) is 7.11 Å². The van der Waals surface area contributed by atoms with Gasteiger partial charge in [0.1, 0.15) is 5.75 Å². The van der Waals surface area contributed by atoms with E-state index in [2.05, 4.69) is 34.8 Å². The van der Waals surface area contributed by atoms with Crippen molar-refractivity contribution in [3.63, 3.8) is 0 Å². The number of carbonyl (C=O) groups is 1. The lowest BCUT2D eigenvalue weighted by molar-refractivity contribution is -0.122. The zero-order valence-corrected chi connectivity index (χ0v) is 15.7. The molecule has 3 atom stereocenters. The van der Waals surface area contributed by atoms with Crippen LogP contribution in [0.5, 0.6) is 5.75 Å². The number of hydrazone groups is 1. The first kappa shape index (κ1) is 18.0. The molecule has 1 amide bonds. The fourth-order valence-electron chi connectivity index (χ4n) is 3.75. The first-order valence-electron chi connectivity index (χ1n) is 9.35. The number of hydrogen-bond acceptors (Lipinski definition) is 3. The van der Waals surface area contributed by atoms with E-state index in [1.807, 2.05) is 60.7 Å². The van der Waals surface area contributed by atoms with Crippen LogP contribution in [0.15, 0.2) is 90.0 Å². The molecule has 3 aromatic rings. The van der Waals surface area contributed by atoms with Crippen molar-refractivity contribution in [3.8, 4) is 5.75 Å². The van der Waals surface area contributed by atoms with Crippen LogP contribution in [0.3, 0.4) is 0 Å². The van der Waals surface area contributed by atoms with Crippen molar-refractivity contribution in [1.82, 2.24) is 5.43 Å². The molecule has 0 saturated heterocycles. The van der Waals surface area contributed by atoms with Crippen LogP contribution in [-0.4, -0.2) is 19.2 Å². The number of nitrogens with zero attached hydrogens (tertiary/aromatic N) is 1. The fourth-order valence-corrected chi connectivity index (χ4v) is 3.75. The maximum atomic E-state index is 12.8. The Morgan fingerprint density at radius 2 is 1.39 bits per heavy atom. The van der Waals surface area contributed by atoms with Crippen LogP contribution in [0.4, 0.5) is 0 Å². The van der Waals surface area contributed by atoms with Crippen molar-refractivity contribution in [2.24, 2.45) is 11.0 Å². The molecule has 140 valence electrons. The second-order valence-corrected chi connectivity index (χ2v) is 6.91. The Kier molecular flexibility index (Phi) is 5.20. The first-order chi connectivity index (χ1) is 13.8. The van der Waals surface area contributed by atoms with Gasteiger partial charge >= 0.3 is 0 Å². The van der Waals surface area contributed by atoms with Gasteiger partial charge in [0.15, 0.2) is 0 Å². The molecule has 0 aromatic heterocycles. The predicted molar refractivity (Wildman–Crippen MR) is 111 cm³/mol. The second kappa shape index (κ2) is 8.09. The maximum absolute atomic E-state index is 12.8. The molecule has 28 heavy (non-hydrogen) atoms. The number of hydrogen-bond donors (Lipinski definition) is 1. The third-order valence-electron chi connectivity index (χ3n) is 5.20. The van der Waals surface area contributed by atoms with Crippen molar-refractivity contribution < 1.29 is 9.53 Å². The van der Waals surface area contributed by atoms with Gasteiger partial charge in [0.05, 0.1) is 19.2 Å². The van der Waals surface area contributed by atoms with E-state index in [1.165, 1.54) is 11.1 Å². The average Bonchev–Trinajstić information content (AvgIpc) is 3.51. The molecule has 1 fully saturated rings. The number of rotatable bonds is 6. The van der Waals surface area contributed by atoms with Gasteiger partial charge in [-0.25, -0.2) is 5.43 Å². The Morgan fingerprint density at radius 1 is 0.857 bits per heavy atom. The minimum Gasteiger partial charge on any atom is -0.497 e. The molecule has 0 heterocycles. The molecule has 1 unspecified atom stereocenters. The van der Waals surface area contributed by atoms with Gasteiger partial charge in [0, 0.05) is 11.8 Å². The number of nitrogens with one attached hydrogen (secondary N) is 1. The van der Waals surface area contributed by atoms with Crippen LogP contribution < -0.4 is 10.2 Å². The number of carbonyl (C=O) groups excluding carboxylic acids is 1. The van der Waals surface area contributed by atoms with Crippen LogP contribution in [0.2, 0.25) is 0 Å². The average molecular weight is 370 g/mol. The highest BCUT2D eigenvalue weighted by Gasteiger charge is 2.55. The normalized spacial score (nSPS) is 20.7. The van der Waals surface area contributed by atoms with Gasteiger partial charge in [-0.3, -0.25) is 4.79 Å². The molecule has 3 aromatic carbocycles. The molecule has 1 aliphatic carbocycles. The van der Waals surface area contributed by atoms with Gasteiger partial charge in [-0.1, -0.05) is 60.7 Å². The summed E-state index contributed by atoms with van der Waals surface area (Å²) in [6.45, 7) is 0. The van der Waals surface area contributed by atoms with Crippen LogP contribution in [-0.2, 0) is 4.79 Å². The van der Waals surface area contributed by atoms with Gasteiger partial charge in [-0.05, 0) is 41.0 Å². The van der Waals surface area contributed by atoms with Gasteiger partial charge in [0.25, 0.3) is 0 Å². The molecule has 0 spiro atoms. The van der Waals surface area contributed by atoms with Crippen LogP contribution in [0.1, 0.15) is 28.5 Å². The van der Waals surface area contributed by atoms with Crippen molar-refractivity contribution in [1.29, 1.82) is 0 Å². The lowest BCUT2D eigenvalue weighted by atomic mass is 10.0. The Balaban J connectivity index is 1.47. The van der Waals surface area contributed by atoms with E-state index in [1.54, 1.807) is 13.3 Å². The highest BCUT2D eigenvalue weighted by molar-refractivity contribution is 5.87. The minimum atomic E-state index is -0.113. The van der Waals surface area contributed by atoms with Crippen molar-refractivity contribution >= 4 is 12.1 Å². The summed E-state index contributed by atoms with van der Waals surface area (Å²) in [5, 5.41) is 4.15. The summed E-state index contributed by atoms with van der Waals surface area (Å²) in [6, 6.07) is 28.0. The van der Waals surface area contributed by atoms with E-state index in [0.29, 0.717) is 0 Å². The van der Waals surface area contributed by atoms with E-state index in [-0.39, 0.29) is 23.7 Å². The first-order valence-corrected chi connectivity index (χ1v) is 9.35. The maximum Gasteiger partial charge on any atom is 0.244 e. The molecular formula is C24H22N2O2. The summed E-state index contributed by atoms with van der Waals surface area (Å²) in [5.74, 6) is 0.987. The molecular weight excluding hydrogens is 348 g/mol. The number of amides is 1. The fraction of sp³-hybridized carbons (Fsp3) is 0.167. The molecule has 1 N–H and O–H groups in total. The Labute approximate surface area is 164 Å². The molecule has 1 aliphatic rings. The quantitative estimate of drug-likeness (QED) is 0.518. The molecule has 4 rings (SSSR count). The van der Waals surface area contributed by atoms with E-state index in [9.17, 15) is 4.79 Å². The number of benzene rings is 3. The van der Waals surface area contributed by atoms with Crippen LogP contribution in [0.25, 0.3) is 0 Å². The highest BCUT2D eigenvalue weighted by Crippen LogP contribution is 2.60. The summed E-state index contributed by atoms with van der Waals surface area (Å²) < 4.78 is 5.15. The Bertz CT molecular complexity index is 907. The molecule has 4 nitrogen and oxygen atoms in total. The third-order valence-corrected chi connectivity index (χ3v) is 5.20. The van der Waals surface area contributed by atoms with E-state index >= 15 is 0 Å². The van der Waals surface area contributed by atoms with Gasteiger partial charge in [-0.15, -0.1) is 0 Å². The third kappa shape index (κ3) is 3.81. The molecule has 0 aliphatic heterocycles. The summed E-state index contributed by atoms with van der Waals surface area (Å²) in [7, 11) is 1.63. The summed E-state index contributed by atoms with van der Waals surface area (Å²) in [6.07, 6.45) is 1.65. The van der Waals surface area contributed by atoms with E-state index in [4.69, 9.17) is 4.74 Å². The van der Waals surface area contributed by atoms with Crippen LogP contribution >= 0.6 is 0 Å². The number of ether oxygens (including phenoxy) is 1. The molecule has 0 bridgehead atoms. The van der Waals surface area contributed by atoms with Crippen molar-refractivity contribution in [3.05, 3.63) is 102 Å². The lowest BCUT2D eigenvalue weighted by Gasteiger charge is -2.01. The second-order valence-electron chi connectivity index (χ2n) is 6.91. The SMILES string of the molecule is COc1ccc(/C=N\NC(=O)C2[C@@H](c3ccccc3)[C@H]2c2ccccc2)cc1. The van der Waals surface area contributed by atoms with Crippen molar-refractivity contribution in [2.45, 2.75) is 11.8 Å². The van der Waals surface area contributed by atoms with Crippen LogP contribution in [0, 0.1) is 5.92 Å². The topological polar surface area (TPSA) is 50.7 Å².